The molecule has 7 nitrogen and oxygen atoms in total. The fourth-order valence-corrected chi connectivity index (χ4v) is 5.82. The van der Waals surface area contributed by atoms with Crippen LogP contribution in [0.1, 0.15) is 21.6 Å². The number of ether oxygens (including phenoxy) is 2. The number of carbonyl (C=O) groups excluding carboxylic acids is 2. The van der Waals surface area contributed by atoms with E-state index < -0.39 is 5.97 Å². The van der Waals surface area contributed by atoms with Gasteiger partial charge in [-0.3, -0.25) is 4.79 Å². The molecule has 0 aliphatic carbocycles. The summed E-state index contributed by atoms with van der Waals surface area (Å²) in [6.45, 7) is 1.89. The third-order valence-electron chi connectivity index (χ3n) is 5.50. The van der Waals surface area contributed by atoms with Crippen LogP contribution in [0.3, 0.4) is 0 Å². The molecule has 1 N–H and O–H groups in total. The maximum atomic E-state index is 12.7. The SMILES string of the molecule is COC(=O)COc1c(I)cc(/C=N/NC(=O)c2ccc(-n3c(C)ccc3-c3ccccc3)cc2)cc1I. The molecule has 1 aromatic heterocycles. The zero-order valence-corrected chi connectivity index (χ0v) is 24.4. The number of esters is 1. The van der Waals surface area contributed by atoms with E-state index >= 15 is 0 Å². The van der Waals surface area contributed by atoms with Gasteiger partial charge in [-0.05, 0) is 112 Å². The van der Waals surface area contributed by atoms with E-state index in [1.54, 1.807) is 18.3 Å². The fourth-order valence-electron chi connectivity index (χ4n) is 3.69. The highest BCUT2D eigenvalue weighted by Crippen LogP contribution is 2.29. The van der Waals surface area contributed by atoms with E-state index in [-0.39, 0.29) is 12.5 Å². The van der Waals surface area contributed by atoms with Crippen molar-refractivity contribution >= 4 is 63.3 Å². The monoisotopic (exact) mass is 719 g/mol. The number of nitrogens with one attached hydrogen (secondary N) is 1. The molecular weight excluding hydrogens is 696 g/mol. The van der Waals surface area contributed by atoms with E-state index in [9.17, 15) is 9.59 Å². The van der Waals surface area contributed by atoms with Crippen LogP contribution in [-0.4, -0.2) is 36.4 Å². The van der Waals surface area contributed by atoms with Gasteiger partial charge in [0.25, 0.3) is 5.91 Å². The minimum atomic E-state index is -0.451. The van der Waals surface area contributed by atoms with E-state index in [4.69, 9.17) is 4.74 Å². The number of hydrazone groups is 1. The molecule has 0 bridgehead atoms. The van der Waals surface area contributed by atoms with Gasteiger partial charge in [0.1, 0.15) is 5.75 Å². The molecule has 4 rings (SSSR count). The van der Waals surface area contributed by atoms with Gasteiger partial charge >= 0.3 is 5.97 Å². The van der Waals surface area contributed by atoms with Gasteiger partial charge in [-0.2, -0.15) is 5.10 Å². The third-order valence-corrected chi connectivity index (χ3v) is 7.10. The number of carbonyl (C=O) groups is 2. The second-order valence-electron chi connectivity index (χ2n) is 7.99. The first-order chi connectivity index (χ1) is 17.9. The van der Waals surface area contributed by atoms with Gasteiger partial charge in [-0.15, -0.1) is 0 Å². The molecule has 0 aliphatic heterocycles. The van der Waals surface area contributed by atoms with Gasteiger partial charge in [-0.1, -0.05) is 30.3 Å². The first-order valence-electron chi connectivity index (χ1n) is 11.2. The number of nitrogens with zero attached hydrogens (tertiary/aromatic N) is 2. The summed E-state index contributed by atoms with van der Waals surface area (Å²) in [6, 6.07) is 25.5. The topological polar surface area (TPSA) is 81.9 Å². The Balaban J connectivity index is 1.43. The summed E-state index contributed by atoms with van der Waals surface area (Å²) in [4.78, 5) is 24.0. The second-order valence-corrected chi connectivity index (χ2v) is 10.3. The molecule has 0 saturated heterocycles. The van der Waals surface area contributed by atoms with Crippen LogP contribution < -0.4 is 10.2 Å². The van der Waals surface area contributed by atoms with Crippen LogP contribution in [0.15, 0.2) is 84.0 Å². The number of halogens is 2. The Labute approximate surface area is 242 Å². The maximum absolute atomic E-state index is 12.7. The average molecular weight is 719 g/mol. The van der Waals surface area contributed by atoms with Gasteiger partial charge in [0.15, 0.2) is 6.61 Å². The highest BCUT2D eigenvalue weighted by atomic mass is 127. The van der Waals surface area contributed by atoms with Crippen LogP contribution in [0.2, 0.25) is 0 Å². The van der Waals surface area contributed by atoms with Crippen LogP contribution in [0.4, 0.5) is 0 Å². The van der Waals surface area contributed by atoms with E-state index in [0.717, 1.165) is 35.3 Å². The standard InChI is InChI=1S/C28H23I2N3O4/c1-18-8-13-25(20-6-4-3-5-7-20)33(18)22-11-9-21(10-12-22)28(35)32-31-16-19-14-23(29)27(24(30)15-19)37-17-26(34)36-2/h3-16H,17H2,1-2H3,(H,32,35)/b31-16+. The first kappa shape index (κ1) is 26.9. The quantitative estimate of drug-likeness (QED) is 0.105. The molecule has 1 heterocycles. The second kappa shape index (κ2) is 12.4. The number of methoxy groups -OCH3 is 1. The van der Waals surface area contributed by atoms with Crippen LogP contribution in [0, 0.1) is 14.1 Å². The number of aryl methyl sites for hydroxylation is 1. The Morgan fingerprint density at radius 2 is 1.65 bits per heavy atom. The van der Waals surface area contributed by atoms with Crippen LogP contribution in [0.25, 0.3) is 16.9 Å². The maximum Gasteiger partial charge on any atom is 0.343 e. The number of amides is 1. The molecule has 0 fully saturated rings. The minimum absolute atomic E-state index is 0.164. The number of rotatable bonds is 8. The molecule has 0 saturated carbocycles. The molecule has 37 heavy (non-hydrogen) atoms. The first-order valence-corrected chi connectivity index (χ1v) is 13.4. The number of aromatic nitrogens is 1. The van der Waals surface area contributed by atoms with Gasteiger partial charge in [0, 0.05) is 16.9 Å². The summed E-state index contributed by atoms with van der Waals surface area (Å²) >= 11 is 4.25. The summed E-state index contributed by atoms with van der Waals surface area (Å²) in [5.41, 5.74) is 8.15. The highest BCUT2D eigenvalue weighted by Gasteiger charge is 2.12. The van der Waals surface area contributed by atoms with Crippen molar-refractivity contribution in [1.82, 2.24) is 9.99 Å². The lowest BCUT2D eigenvalue weighted by atomic mass is 10.1. The van der Waals surface area contributed by atoms with E-state index in [0.29, 0.717) is 11.3 Å². The summed E-state index contributed by atoms with van der Waals surface area (Å²) in [6.07, 6.45) is 1.57. The fraction of sp³-hybridized carbons (Fsp3) is 0.107. The van der Waals surface area contributed by atoms with Crippen molar-refractivity contribution in [3.63, 3.8) is 0 Å². The largest absolute Gasteiger partial charge is 0.480 e. The van der Waals surface area contributed by atoms with Crippen molar-refractivity contribution in [2.24, 2.45) is 5.10 Å². The lowest BCUT2D eigenvalue weighted by Gasteiger charge is -2.12. The predicted octanol–water partition coefficient (Wildman–Crippen LogP) is 5.98. The molecule has 188 valence electrons. The van der Waals surface area contributed by atoms with Gasteiger partial charge < -0.3 is 14.0 Å². The normalized spacial score (nSPS) is 10.9. The summed E-state index contributed by atoms with van der Waals surface area (Å²) in [7, 11) is 1.31. The van der Waals surface area contributed by atoms with Gasteiger partial charge in [0.2, 0.25) is 0 Å². The van der Waals surface area contributed by atoms with Gasteiger partial charge in [0.05, 0.1) is 26.2 Å². The van der Waals surface area contributed by atoms with Crippen molar-refractivity contribution in [1.29, 1.82) is 0 Å². The summed E-state index contributed by atoms with van der Waals surface area (Å²) < 4.78 is 13.9. The van der Waals surface area contributed by atoms with Crippen LogP contribution in [-0.2, 0) is 9.53 Å². The smallest absolute Gasteiger partial charge is 0.343 e. The third kappa shape index (κ3) is 6.58. The van der Waals surface area contributed by atoms with E-state index in [1.807, 2.05) is 42.5 Å². The average Bonchev–Trinajstić information content (AvgIpc) is 3.29. The molecule has 1 amide bonds. The molecule has 4 aromatic rings. The van der Waals surface area contributed by atoms with Gasteiger partial charge in [-0.25, -0.2) is 10.2 Å². The molecule has 0 spiro atoms. The van der Waals surface area contributed by atoms with Crippen LogP contribution >= 0.6 is 45.2 Å². The minimum Gasteiger partial charge on any atom is -0.480 e. The molecule has 0 unspecified atom stereocenters. The zero-order valence-electron chi connectivity index (χ0n) is 20.1. The Hall–Kier alpha value is -3.19. The van der Waals surface area contributed by atoms with Crippen molar-refractivity contribution in [3.8, 4) is 22.7 Å². The Bertz CT molecular complexity index is 1430. The highest BCUT2D eigenvalue weighted by molar-refractivity contribution is 14.1. The number of hydrogen-bond acceptors (Lipinski definition) is 5. The lowest BCUT2D eigenvalue weighted by Crippen LogP contribution is -2.17. The molecule has 9 heteroatoms. The van der Waals surface area contributed by atoms with Crippen molar-refractivity contribution in [3.05, 3.63) is 103 Å². The van der Waals surface area contributed by atoms with E-state index in [1.165, 1.54) is 7.11 Å². The number of hydrogen-bond donors (Lipinski definition) is 1. The molecule has 3 aromatic carbocycles. The molecule has 0 atom stereocenters. The Morgan fingerprint density at radius 1 is 0.973 bits per heavy atom. The molecule has 0 aliphatic rings. The van der Waals surface area contributed by atoms with E-state index in [2.05, 4.69) is 96.2 Å². The Morgan fingerprint density at radius 3 is 2.30 bits per heavy atom. The number of benzene rings is 3. The summed E-state index contributed by atoms with van der Waals surface area (Å²) in [5, 5.41) is 4.11. The molecule has 0 radical (unpaired) electrons. The molecular formula is C28H23I2N3O4. The van der Waals surface area contributed by atoms with Crippen molar-refractivity contribution in [2.45, 2.75) is 6.92 Å². The zero-order chi connectivity index (χ0) is 26.4. The Kier molecular flexibility index (Phi) is 8.98. The predicted molar refractivity (Wildman–Crippen MR) is 160 cm³/mol. The van der Waals surface area contributed by atoms with Crippen LogP contribution in [0.5, 0.6) is 5.75 Å². The lowest BCUT2D eigenvalue weighted by molar-refractivity contribution is -0.142. The van der Waals surface area contributed by atoms with Crippen molar-refractivity contribution in [2.75, 3.05) is 13.7 Å². The summed E-state index contributed by atoms with van der Waals surface area (Å²) in [5.74, 6) is -0.160. The van der Waals surface area contributed by atoms with Crippen molar-refractivity contribution < 1.29 is 19.1 Å².